The number of nitrogens with one attached hydrogen (secondary N) is 1. The van der Waals surface area contributed by atoms with Crippen LogP contribution in [-0.4, -0.2) is 43.5 Å². The molecule has 3 aromatic heterocycles. The molecule has 1 N–H and O–H groups in total. The van der Waals surface area contributed by atoms with E-state index in [1.165, 1.54) is 0 Å². The molecule has 1 unspecified atom stereocenters. The second kappa shape index (κ2) is 8.19. The summed E-state index contributed by atoms with van der Waals surface area (Å²) in [7, 11) is 0. The summed E-state index contributed by atoms with van der Waals surface area (Å²) in [4.78, 5) is 27.9. The van der Waals surface area contributed by atoms with Gasteiger partial charge in [-0.2, -0.15) is 0 Å². The van der Waals surface area contributed by atoms with Crippen LogP contribution in [0.5, 0.6) is 0 Å². The average Bonchev–Trinajstić information content (AvgIpc) is 3.54. The minimum atomic E-state index is -0.251. The summed E-state index contributed by atoms with van der Waals surface area (Å²) in [6, 6.07) is 8.24. The topological polar surface area (TPSA) is 75.5 Å². The van der Waals surface area contributed by atoms with E-state index in [0.717, 1.165) is 46.1 Å². The number of carbonyl (C=O) groups excluding carboxylic acids is 1. The molecule has 0 saturated carbocycles. The molecule has 1 aliphatic heterocycles. The van der Waals surface area contributed by atoms with Crippen LogP contribution in [0.15, 0.2) is 48.2 Å². The van der Waals surface area contributed by atoms with Gasteiger partial charge in [0.25, 0.3) is 0 Å². The Bertz CT molecular complexity index is 1160. The van der Waals surface area contributed by atoms with Crippen LogP contribution in [0.3, 0.4) is 0 Å². The maximum absolute atomic E-state index is 12.5. The van der Waals surface area contributed by atoms with Crippen LogP contribution < -0.4 is 0 Å². The largest absolute Gasteiger partial charge is 0.449 e. The maximum Gasteiger partial charge on any atom is 0.410 e. The third kappa shape index (κ3) is 3.95. The first-order valence-corrected chi connectivity index (χ1v) is 11.5. The van der Waals surface area contributed by atoms with Gasteiger partial charge in [0.15, 0.2) is 4.96 Å². The maximum atomic E-state index is 12.5. The molecule has 1 amide bonds. The van der Waals surface area contributed by atoms with E-state index >= 15 is 0 Å². The van der Waals surface area contributed by atoms with Crippen LogP contribution in [0.1, 0.15) is 38.6 Å². The number of carbonyl (C=O) groups is 1. The van der Waals surface area contributed by atoms with E-state index in [2.05, 4.69) is 39.2 Å². The van der Waals surface area contributed by atoms with Gasteiger partial charge in [-0.3, -0.25) is 9.30 Å². The number of thiazole rings is 1. The van der Waals surface area contributed by atoms with Crippen LogP contribution in [-0.2, 0) is 4.74 Å². The number of amides is 1. The van der Waals surface area contributed by atoms with E-state index in [1.54, 1.807) is 16.2 Å². The highest BCUT2D eigenvalue weighted by Gasteiger charge is 2.33. The Labute approximate surface area is 184 Å². The molecule has 7 nitrogen and oxygen atoms in total. The Morgan fingerprint density at radius 3 is 2.87 bits per heavy atom. The molecule has 1 atom stereocenters. The molecule has 4 heterocycles. The van der Waals surface area contributed by atoms with Gasteiger partial charge in [-0.1, -0.05) is 38.1 Å². The van der Waals surface area contributed by atoms with Gasteiger partial charge < -0.3 is 9.72 Å². The standard InChI is InChI=1S/C23H25N5O2S/c1-15(2)14-30-23(29)28-9-3-4-20(28)21-24-12-18(25-21)16-5-7-17(8-6-16)19-13-27-10-11-31-22(27)26-19/h5-8,10-13,15,20H,3-4,9,14H2,1-2H3,(H,24,25). The van der Waals surface area contributed by atoms with Crippen molar-refractivity contribution in [2.24, 2.45) is 5.92 Å². The van der Waals surface area contributed by atoms with Crippen molar-refractivity contribution in [1.82, 2.24) is 24.3 Å². The smallest absolute Gasteiger partial charge is 0.410 e. The molecule has 31 heavy (non-hydrogen) atoms. The molecular formula is C23H25N5O2S. The number of rotatable bonds is 5. The van der Waals surface area contributed by atoms with Crippen molar-refractivity contribution in [3.8, 4) is 22.5 Å². The predicted molar refractivity (Wildman–Crippen MR) is 121 cm³/mol. The quantitative estimate of drug-likeness (QED) is 0.456. The minimum absolute atomic E-state index is 0.0637. The fourth-order valence-corrected chi connectivity index (χ4v) is 4.63. The number of aromatic nitrogens is 4. The van der Waals surface area contributed by atoms with E-state index in [9.17, 15) is 4.79 Å². The molecule has 1 aromatic carbocycles. The van der Waals surface area contributed by atoms with E-state index in [-0.39, 0.29) is 12.1 Å². The Balaban J connectivity index is 1.32. The number of fused-ring (bicyclic) bond motifs is 1. The third-order valence-electron chi connectivity index (χ3n) is 5.52. The van der Waals surface area contributed by atoms with Crippen molar-refractivity contribution in [1.29, 1.82) is 0 Å². The second-order valence-electron chi connectivity index (χ2n) is 8.30. The minimum Gasteiger partial charge on any atom is -0.449 e. The van der Waals surface area contributed by atoms with Crippen LogP contribution in [0.4, 0.5) is 4.79 Å². The van der Waals surface area contributed by atoms with Gasteiger partial charge in [-0.05, 0) is 24.3 Å². The van der Waals surface area contributed by atoms with Crippen LogP contribution >= 0.6 is 11.3 Å². The highest BCUT2D eigenvalue weighted by molar-refractivity contribution is 7.15. The van der Waals surface area contributed by atoms with Gasteiger partial charge in [0.1, 0.15) is 5.82 Å². The van der Waals surface area contributed by atoms with Crippen molar-refractivity contribution in [2.75, 3.05) is 13.2 Å². The zero-order chi connectivity index (χ0) is 21.4. The monoisotopic (exact) mass is 435 g/mol. The van der Waals surface area contributed by atoms with Gasteiger partial charge in [-0.15, -0.1) is 11.3 Å². The van der Waals surface area contributed by atoms with Crippen molar-refractivity contribution >= 4 is 22.4 Å². The molecule has 160 valence electrons. The van der Waals surface area contributed by atoms with E-state index in [0.29, 0.717) is 19.1 Å². The predicted octanol–water partition coefficient (Wildman–Crippen LogP) is 5.38. The lowest BCUT2D eigenvalue weighted by atomic mass is 10.1. The number of benzene rings is 1. The Morgan fingerprint density at radius 2 is 2.10 bits per heavy atom. The number of H-pyrrole nitrogens is 1. The average molecular weight is 436 g/mol. The van der Waals surface area contributed by atoms with Crippen molar-refractivity contribution in [3.05, 3.63) is 54.1 Å². The Hall–Kier alpha value is -3.13. The highest BCUT2D eigenvalue weighted by Crippen LogP contribution is 2.32. The Kier molecular flexibility index (Phi) is 5.23. The number of aromatic amines is 1. The van der Waals surface area contributed by atoms with Crippen LogP contribution in [0, 0.1) is 5.92 Å². The van der Waals surface area contributed by atoms with Crippen LogP contribution in [0.25, 0.3) is 27.5 Å². The summed E-state index contributed by atoms with van der Waals surface area (Å²) in [5.74, 6) is 1.13. The number of hydrogen-bond acceptors (Lipinski definition) is 5. The van der Waals surface area contributed by atoms with E-state index in [1.807, 2.05) is 42.2 Å². The lowest BCUT2D eigenvalue weighted by Gasteiger charge is -2.23. The molecule has 4 aromatic rings. The summed E-state index contributed by atoms with van der Waals surface area (Å²) in [5, 5.41) is 2.03. The van der Waals surface area contributed by atoms with Gasteiger partial charge in [0.05, 0.1) is 30.2 Å². The lowest BCUT2D eigenvalue weighted by molar-refractivity contribution is 0.0871. The number of likely N-dealkylation sites (tertiary alicyclic amines) is 1. The zero-order valence-corrected chi connectivity index (χ0v) is 18.4. The van der Waals surface area contributed by atoms with Gasteiger partial charge in [0, 0.05) is 29.9 Å². The fourth-order valence-electron chi connectivity index (χ4n) is 3.93. The van der Waals surface area contributed by atoms with Crippen LogP contribution in [0.2, 0.25) is 0 Å². The summed E-state index contributed by atoms with van der Waals surface area (Å²) in [6.45, 7) is 5.21. The van der Waals surface area contributed by atoms with Gasteiger partial charge in [0.2, 0.25) is 0 Å². The first-order chi connectivity index (χ1) is 15.1. The molecule has 1 saturated heterocycles. The van der Waals surface area contributed by atoms with Crippen molar-refractivity contribution in [2.45, 2.75) is 32.7 Å². The normalized spacial score (nSPS) is 16.5. The van der Waals surface area contributed by atoms with Crippen molar-refractivity contribution < 1.29 is 9.53 Å². The van der Waals surface area contributed by atoms with Gasteiger partial charge >= 0.3 is 6.09 Å². The number of ether oxygens (including phenoxy) is 1. The zero-order valence-electron chi connectivity index (χ0n) is 17.6. The van der Waals surface area contributed by atoms with Gasteiger partial charge in [-0.25, -0.2) is 14.8 Å². The molecular weight excluding hydrogens is 410 g/mol. The molecule has 8 heteroatoms. The third-order valence-corrected chi connectivity index (χ3v) is 6.29. The summed E-state index contributed by atoms with van der Waals surface area (Å²) in [6.07, 6.45) is 7.49. The number of imidazole rings is 2. The summed E-state index contributed by atoms with van der Waals surface area (Å²) in [5.41, 5.74) is 4.03. The number of nitrogens with zero attached hydrogens (tertiary/aromatic N) is 4. The molecule has 0 radical (unpaired) electrons. The highest BCUT2D eigenvalue weighted by atomic mass is 32.1. The number of hydrogen-bond donors (Lipinski definition) is 1. The van der Waals surface area contributed by atoms with E-state index in [4.69, 9.17) is 4.74 Å². The first-order valence-electron chi connectivity index (χ1n) is 10.6. The molecule has 0 bridgehead atoms. The molecule has 5 rings (SSSR count). The molecule has 0 spiro atoms. The van der Waals surface area contributed by atoms with E-state index < -0.39 is 0 Å². The fraction of sp³-hybridized carbons (Fsp3) is 0.348. The Morgan fingerprint density at radius 1 is 1.29 bits per heavy atom. The van der Waals surface area contributed by atoms with Crippen molar-refractivity contribution in [3.63, 3.8) is 0 Å². The molecule has 1 aliphatic rings. The summed E-state index contributed by atoms with van der Waals surface area (Å²) < 4.78 is 7.48. The molecule has 1 fully saturated rings. The first kappa shape index (κ1) is 19.8. The molecule has 0 aliphatic carbocycles. The summed E-state index contributed by atoms with van der Waals surface area (Å²) >= 11 is 1.63. The lowest BCUT2D eigenvalue weighted by Crippen LogP contribution is -2.32. The second-order valence-corrected chi connectivity index (χ2v) is 9.17. The SMILES string of the molecule is CC(C)COC(=O)N1CCCC1c1ncc(-c2ccc(-c3cn4ccsc4n3)cc2)[nH]1.